The summed E-state index contributed by atoms with van der Waals surface area (Å²) in [5.41, 5.74) is 2.09. The Hall–Kier alpha value is -2.19. The predicted octanol–water partition coefficient (Wildman–Crippen LogP) is 3.79. The molecule has 0 radical (unpaired) electrons. The lowest BCUT2D eigenvalue weighted by Gasteiger charge is -1.95. The summed E-state index contributed by atoms with van der Waals surface area (Å²) >= 11 is 3.03. The molecule has 1 N–H and O–H groups in total. The summed E-state index contributed by atoms with van der Waals surface area (Å²) in [5.74, 6) is 1.77. The van der Waals surface area contributed by atoms with Crippen molar-refractivity contribution in [3.05, 3.63) is 48.3 Å². The largest absolute Gasteiger partial charge is 0.357 e. The minimum absolute atomic E-state index is 0.537. The van der Waals surface area contributed by atoms with E-state index in [-0.39, 0.29) is 0 Å². The summed E-state index contributed by atoms with van der Waals surface area (Å²) in [5, 5.41) is 16.1. The van der Waals surface area contributed by atoms with Crippen molar-refractivity contribution < 1.29 is 4.52 Å². The fourth-order valence-corrected chi connectivity index (χ4v) is 3.44. The first-order chi connectivity index (χ1) is 11.2. The summed E-state index contributed by atoms with van der Waals surface area (Å²) in [6.07, 6.45) is 1.78. The summed E-state index contributed by atoms with van der Waals surface area (Å²) < 4.78 is 6.18. The van der Waals surface area contributed by atoms with E-state index in [9.17, 15) is 0 Å². The highest BCUT2D eigenvalue weighted by Crippen LogP contribution is 2.28. The van der Waals surface area contributed by atoms with Gasteiger partial charge in [0.2, 0.25) is 5.13 Å². The first kappa shape index (κ1) is 15.7. The molecular weight excluding hydrogens is 330 g/mol. The van der Waals surface area contributed by atoms with Gasteiger partial charge in [-0.25, -0.2) is 0 Å². The topological polar surface area (TPSA) is 76.7 Å². The number of aryl methyl sites for hydroxylation is 1. The summed E-state index contributed by atoms with van der Waals surface area (Å²) in [6, 6.07) is 7.98. The van der Waals surface area contributed by atoms with Gasteiger partial charge >= 0.3 is 0 Å². The third-order valence-electron chi connectivity index (χ3n) is 2.86. The van der Waals surface area contributed by atoms with Gasteiger partial charge in [0.25, 0.3) is 5.89 Å². The van der Waals surface area contributed by atoms with Crippen molar-refractivity contribution >= 4 is 28.2 Å². The van der Waals surface area contributed by atoms with Crippen LogP contribution in [-0.4, -0.2) is 26.9 Å². The molecule has 0 fully saturated rings. The molecule has 3 aromatic rings. The number of aromatic nitrogens is 4. The molecule has 1 aromatic carbocycles. The Labute approximate surface area is 142 Å². The molecule has 0 aliphatic carbocycles. The Kier molecular flexibility index (Phi) is 5.04. The Morgan fingerprint density at radius 1 is 1.39 bits per heavy atom. The summed E-state index contributed by atoms with van der Waals surface area (Å²) in [6.45, 7) is 6.36. The molecular formula is C15H15N5OS2. The van der Waals surface area contributed by atoms with Crippen LogP contribution in [-0.2, 0) is 5.75 Å². The molecule has 0 aliphatic rings. The van der Waals surface area contributed by atoms with Gasteiger partial charge in [0.15, 0.2) is 10.2 Å². The molecule has 0 unspecified atom stereocenters. The molecule has 0 bridgehead atoms. The van der Waals surface area contributed by atoms with Crippen molar-refractivity contribution in [3.63, 3.8) is 0 Å². The third kappa shape index (κ3) is 4.17. The van der Waals surface area contributed by atoms with Gasteiger partial charge in [-0.15, -0.1) is 16.8 Å². The SMILES string of the molecule is C=CCNc1nnc(SCc2noc(-c3cccc(C)c3)n2)s1. The third-order valence-corrected chi connectivity index (χ3v) is 4.87. The first-order valence-electron chi connectivity index (χ1n) is 6.95. The number of nitrogens with one attached hydrogen (secondary N) is 1. The van der Waals surface area contributed by atoms with Crippen LogP contribution in [0, 0.1) is 6.92 Å². The van der Waals surface area contributed by atoms with Gasteiger partial charge in [-0.1, -0.05) is 52.0 Å². The van der Waals surface area contributed by atoms with E-state index in [1.807, 2.05) is 31.2 Å². The zero-order chi connectivity index (χ0) is 16.1. The summed E-state index contributed by atoms with van der Waals surface area (Å²) in [7, 11) is 0. The Bertz CT molecular complexity index is 799. The van der Waals surface area contributed by atoms with Gasteiger partial charge in [-0.3, -0.25) is 0 Å². The zero-order valence-corrected chi connectivity index (χ0v) is 14.2. The highest BCUT2D eigenvalue weighted by atomic mass is 32.2. The van der Waals surface area contributed by atoms with Crippen LogP contribution < -0.4 is 5.32 Å². The number of nitrogens with zero attached hydrogens (tertiary/aromatic N) is 4. The standard InChI is InChI=1S/C15H15N5OS2/c1-3-7-16-14-18-19-15(23-14)22-9-12-17-13(21-20-12)11-6-4-5-10(2)8-11/h3-6,8H,1,7,9H2,2H3,(H,16,18). The number of benzene rings is 1. The van der Waals surface area contributed by atoms with Crippen molar-refractivity contribution in [1.82, 2.24) is 20.3 Å². The van der Waals surface area contributed by atoms with Crippen LogP contribution in [0.4, 0.5) is 5.13 Å². The monoisotopic (exact) mass is 345 g/mol. The van der Waals surface area contributed by atoms with Gasteiger partial charge in [-0.05, 0) is 19.1 Å². The first-order valence-corrected chi connectivity index (χ1v) is 8.75. The second-order valence-corrected chi connectivity index (χ2v) is 6.92. The normalized spacial score (nSPS) is 10.7. The quantitative estimate of drug-likeness (QED) is 0.515. The Balaban J connectivity index is 1.61. The van der Waals surface area contributed by atoms with Crippen LogP contribution in [0.2, 0.25) is 0 Å². The molecule has 0 spiro atoms. The van der Waals surface area contributed by atoms with Gasteiger partial charge in [0.1, 0.15) is 0 Å². The van der Waals surface area contributed by atoms with E-state index >= 15 is 0 Å². The van der Waals surface area contributed by atoms with E-state index in [4.69, 9.17) is 4.52 Å². The van der Waals surface area contributed by atoms with Crippen LogP contribution >= 0.6 is 23.1 Å². The molecule has 0 atom stereocenters. The molecule has 23 heavy (non-hydrogen) atoms. The van der Waals surface area contributed by atoms with Gasteiger partial charge in [0, 0.05) is 12.1 Å². The molecule has 118 valence electrons. The van der Waals surface area contributed by atoms with E-state index in [1.165, 1.54) is 23.1 Å². The fourth-order valence-electron chi connectivity index (χ4n) is 1.83. The second-order valence-electron chi connectivity index (χ2n) is 4.72. The van der Waals surface area contributed by atoms with E-state index in [0.717, 1.165) is 20.6 Å². The predicted molar refractivity (Wildman–Crippen MR) is 92.6 cm³/mol. The Morgan fingerprint density at radius 2 is 2.30 bits per heavy atom. The maximum Gasteiger partial charge on any atom is 0.257 e. The van der Waals surface area contributed by atoms with Gasteiger partial charge in [-0.2, -0.15) is 4.98 Å². The average molecular weight is 345 g/mol. The lowest BCUT2D eigenvalue weighted by atomic mass is 10.1. The smallest absolute Gasteiger partial charge is 0.257 e. The van der Waals surface area contributed by atoms with Crippen LogP contribution in [0.25, 0.3) is 11.5 Å². The van der Waals surface area contributed by atoms with Crippen LogP contribution in [0.1, 0.15) is 11.4 Å². The lowest BCUT2D eigenvalue weighted by molar-refractivity contribution is 0.425. The van der Waals surface area contributed by atoms with E-state index in [1.54, 1.807) is 6.08 Å². The highest BCUT2D eigenvalue weighted by molar-refractivity contribution is 8.00. The number of rotatable bonds is 7. The maximum atomic E-state index is 5.32. The molecule has 0 saturated carbocycles. The van der Waals surface area contributed by atoms with Gasteiger partial charge in [0.05, 0.1) is 5.75 Å². The molecule has 0 aliphatic heterocycles. The van der Waals surface area contributed by atoms with Gasteiger partial charge < -0.3 is 9.84 Å². The number of hydrogen-bond donors (Lipinski definition) is 1. The van der Waals surface area contributed by atoms with Crippen molar-refractivity contribution in [1.29, 1.82) is 0 Å². The number of thioether (sulfide) groups is 1. The molecule has 3 rings (SSSR count). The van der Waals surface area contributed by atoms with Crippen LogP contribution in [0.5, 0.6) is 0 Å². The Morgan fingerprint density at radius 3 is 3.13 bits per heavy atom. The number of hydrogen-bond acceptors (Lipinski definition) is 8. The number of anilines is 1. The molecule has 0 saturated heterocycles. The molecule has 2 heterocycles. The summed E-state index contributed by atoms with van der Waals surface area (Å²) in [4.78, 5) is 4.42. The van der Waals surface area contributed by atoms with Crippen molar-refractivity contribution in [2.75, 3.05) is 11.9 Å². The molecule has 0 amide bonds. The van der Waals surface area contributed by atoms with Crippen molar-refractivity contribution in [2.45, 2.75) is 17.0 Å². The van der Waals surface area contributed by atoms with Crippen molar-refractivity contribution in [2.24, 2.45) is 0 Å². The average Bonchev–Trinajstić information content (AvgIpc) is 3.20. The molecule has 6 nitrogen and oxygen atoms in total. The van der Waals surface area contributed by atoms with E-state index in [2.05, 4.69) is 32.2 Å². The maximum absolute atomic E-state index is 5.32. The van der Waals surface area contributed by atoms with Crippen molar-refractivity contribution in [3.8, 4) is 11.5 Å². The highest BCUT2D eigenvalue weighted by Gasteiger charge is 2.11. The lowest BCUT2D eigenvalue weighted by Crippen LogP contribution is -1.96. The fraction of sp³-hybridized carbons (Fsp3) is 0.200. The second kappa shape index (κ2) is 7.38. The molecule has 2 aromatic heterocycles. The minimum atomic E-state index is 0.537. The van der Waals surface area contributed by atoms with Crippen LogP contribution in [0.3, 0.4) is 0 Å². The van der Waals surface area contributed by atoms with E-state index < -0.39 is 0 Å². The van der Waals surface area contributed by atoms with E-state index in [0.29, 0.717) is 24.0 Å². The van der Waals surface area contributed by atoms with Crippen LogP contribution in [0.15, 0.2) is 45.8 Å². The zero-order valence-electron chi connectivity index (χ0n) is 12.5. The molecule has 8 heteroatoms. The minimum Gasteiger partial charge on any atom is -0.357 e.